The molecule has 0 aromatic heterocycles. The molecule has 5 aliphatic carbocycles. The summed E-state index contributed by atoms with van der Waals surface area (Å²) in [6, 6.07) is 0. The van der Waals surface area contributed by atoms with Gasteiger partial charge < -0.3 is 15.3 Å². The third kappa shape index (κ3) is 2.83. The lowest BCUT2D eigenvalue weighted by Crippen LogP contribution is -2.68. The van der Waals surface area contributed by atoms with Gasteiger partial charge in [-0.15, -0.1) is 0 Å². The standard InChI is InChI=1S/C30H46O5/c1-17-10-13-30(24(33)34)15-14-27(5)18(22(30)29(17,7)35)8-9-21-26(4)16-19(31)23(32)25(2,3)20(26)11-12-28(21,27)6/h8,17,19-22,31,35H,9-16H2,1-7H3,(H,33,34)/t17-,19+,20+,21-,22-,26+,27-,28-,29-,30+/m1/s1. The lowest BCUT2D eigenvalue weighted by Gasteiger charge is -2.71. The minimum absolute atomic E-state index is 0.0158. The van der Waals surface area contributed by atoms with Crippen LogP contribution in [-0.4, -0.2) is 38.8 Å². The van der Waals surface area contributed by atoms with E-state index in [4.69, 9.17) is 0 Å². The Bertz CT molecular complexity index is 995. The monoisotopic (exact) mass is 486 g/mol. The van der Waals surface area contributed by atoms with Crippen LogP contribution >= 0.6 is 0 Å². The Hall–Kier alpha value is -1.20. The van der Waals surface area contributed by atoms with E-state index >= 15 is 0 Å². The highest BCUT2D eigenvalue weighted by atomic mass is 16.4. The molecular weight excluding hydrogens is 440 g/mol. The quantitative estimate of drug-likeness (QED) is 0.432. The number of carbonyl (C=O) groups excluding carboxylic acids is 1. The summed E-state index contributed by atoms with van der Waals surface area (Å²) >= 11 is 0. The number of fused-ring (bicyclic) bond motifs is 7. The minimum atomic E-state index is -1.07. The summed E-state index contributed by atoms with van der Waals surface area (Å²) in [7, 11) is 0. The molecule has 4 fully saturated rings. The maximum absolute atomic E-state index is 13.0. The maximum atomic E-state index is 13.0. The number of carbonyl (C=O) groups is 2. The minimum Gasteiger partial charge on any atom is -0.481 e. The molecule has 0 radical (unpaired) electrons. The average molecular weight is 487 g/mol. The summed E-state index contributed by atoms with van der Waals surface area (Å²) < 4.78 is 0. The van der Waals surface area contributed by atoms with E-state index < -0.39 is 28.5 Å². The fourth-order valence-corrected chi connectivity index (χ4v) is 10.8. The number of carboxylic acids is 1. The summed E-state index contributed by atoms with van der Waals surface area (Å²) in [6.07, 6.45) is 7.42. The second kappa shape index (κ2) is 7.22. The zero-order valence-electron chi connectivity index (χ0n) is 22.8. The van der Waals surface area contributed by atoms with E-state index in [0.29, 0.717) is 25.2 Å². The number of hydrogen-bond donors (Lipinski definition) is 3. The van der Waals surface area contributed by atoms with Crippen LogP contribution in [0.5, 0.6) is 0 Å². The zero-order valence-corrected chi connectivity index (χ0v) is 22.8. The first-order valence-electron chi connectivity index (χ1n) is 13.9. The van der Waals surface area contributed by atoms with Crippen molar-refractivity contribution in [2.24, 2.45) is 50.7 Å². The van der Waals surface area contributed by atoms with E-state index in [9.17, 15) is 24.9 Å². The topological polar surface area (TPSA) is 94.8 Å². The van der Waals surface area contributed by atoms with Gasteiger partial charge in [0.1, 0.15) is 6.10 Å². The Morgan fingerprint density at radius 1 is 0.971 bits per heavy atom. The molecule has 5 aliphatic rings. The van der Waals surface area contributed by atoms with Crippen LogP contribution in [0.25, 0.3) is 0 Å². The lowest BCUT2D eigenvalue weighted by molar-refractivity contribution is -0.213. The van der Waals surface area contributed by atoms with Crippen molar-refractivity contribution in [1.29, 1.82) is 0 Å². The molecule has 10 atom stereocenters. The molecule has 0 unspecified atom stereocenters. The van der Waals surface area contributed by atoms with Gasteiger partial charge in [-0.1, -0.05) is 53.2 Å². The SMILES string of the molecule is C[C@@H]1CC[C@]2(C(=O)O)CC[C@]3(C)C(=CC[C@@H]4[C@@]5(C)C[C@H](O)C(=O)C(C)(C)[C@@H]5CC[C@]43C)[C@@H]2[C@]1(C)O. The van der Waals surface area contributed by atoms with Crippen molar-refractivity contribution in [2.75, 3.05) is 0 Å². The Balaban J connectivity index is 1.65. The molecule has 0 aromatic carbocycles. The van der Waals surface area contributed by atoms with Crippen LogP contribution in [0.15, 0.2) is 11.6 Å². The summed E-state index contributed by atoms with van der Waals surface area (Å²) in [5.74, 6) is -0.584. The van der Waals surface area contributed by atoms with Crippen LogP contribution in [0.4, 0.5) is 0 Å². The van der Waals surface area contributed by atoms with E-state index in [0.717, 1.165) is 32.1 Å². The van der Waals surface area contributed by atoms with Crippen LogP contribution in [0.3, 0.4) is 0 Å². The number of allylic oxidation sites excluding steroid dienone is 1. The first-order valence-corrected chi connectivity index (χ1v) is 13.9. The third-order valence-electron chi connectivity index (χ3n) is 13.2. The number of aliphatic hydroxyl groups is 2. The van der Waals surface area contributed by atoms with Crippen molar-refractivity contribution in [1.82, 2.24) is 0 Å². The molecule has 0 heterocycles. The number of aliphatic hydroxyl groups excluding tert-OH is 1. The Labute approximate surface area is 210 Å². The van der Waals surface area contributed by atoms with Crippen molar-refractivity contribution >= 4 is 11.8 Å². The number of ketones is 1. The van der Waals surface area contributed by atoms with Gasteiger partial charge in [0.2, 0.25) is 0 Å². The largest absolute Gasteiger partial charge is 0.481 e. The summed E-state index contributed by atoms with van der Waals surface area (Å²) in [6.45, 7) is 15.0. The fraction of sp³-hybridized carbons (Fsp3) is 0.867. The smallest absolute Gasteiger partial charge is 0.310 e. The second-order valence-electron chi connectivity index (χ2n) is 14.7. The number of aliphatic carboxylic acids is 1. The molecule has 0 amide bonds. The first-order chi connectivity index (χ1) is 16.0. The van der Waals surface area contributed by atoms with E-state index in [2.05, 4.69) is 33.8 Å². The van der Waals surface area contributed by atoms with Gasteiger partial charge in [0, 0.05) is 11.3 Å². The van der Waals surface area contributed by atoms with Crippen LogP contribution < -0.4 is 0 Å². The molecule has 5 heteroatoms. The molecule has 4 saturated carbocycles. The van der Waals surface area contributed by atoms with Gasteiger partial charge in [0.25, 0.3) is 0 Å². The zero-order chi connectivity index (χ0) is 26.0. The number of Topliss-reactive ketones (excluding diaryl/α,β-unsaturated/α-hetero) is 1. The van der Waals surface area contributed by atoms with Gasteiger partial charge in [-0.3, -0.25) is 9.59 Å². The molecule has 3 N–H and O–H groups in total. The molecule has 5 rings (SSSR count). The van der Waals surface area contributed by atoms with Crippen molar-refractivity contribution in [3.63, 3.8) is 0 Å². The summed E-state index contributed by atoms with van der Waals surface area (Å²) in [5.41, 5.74) is -1.81. The van der Waals surface area contributed by atoms with Gasteiger partial charge in [-0.2, -0.15) is 0 Å². The van der Waals surface area contributed by atoms with E-state index in [-0.39, 0.29) is 39.8 Å². The summed E-state index contributed by atoms with van der Waals surface area (Å²) in [4.78, 5) is 25.8. The van der Waals surface area contributed by atoms with Crippen molar-refractivity contribution < 1.29 is 24.9 Å². The molecule has 5 nitrogen and oxygen atoms in total. The van der Waals surface area contributed by atoms with Crippen molar-refractivity contribution in [2.45, 2.75) is 112 Å². The summed E-state index contributed by atoms with van der Waals surface area (Å²) in [5, 5.41) is 33.3. The highest BCUT2D eigenvalue weighted by Crippen LogP contribution is 2.75. The van der Waals surface area contributed by atoms with Gasteiger partial charge in [0.15, 0.2) is 5.78 Å². The highest BCUT2D eigenvalue weighted by molar-refractivity contribution is 5.89. The Morgan fingerprint density at radius 2 is 1.63 bits per heavy atom. The van der Waals surface area contributed by atoms with Crippen LogP contribution in [0, 0.1) is 50.7 Å². The number of carboxylic acid groups (broad SMARTS) is 1. The molecule has 0 spiro atoms. The average Bonchev–Trinajstić information content (AvgIpc) is 2.75. The maximum Gasteiger partial charge on any atom is 0.310 e. The van der Waals surface area contributed by atoms with Gasteiger partial charge >= 0.3 is 5.97 Å². The Kier molecular flexibility index (Phi) is 5.25. The van der Waals surface area contributed by atoms with Crippen LogP contribution in [0.2, 0.25) is 0 Å². The second-order valence-corrected chi connectivity index (χ2v) is 14.7. The molecule has 0 bridgehead atoms. The molecule has 35 heavy (non-hydrogen) atoms. The number of rotatable bonds is 1. The highest BCUT2D eigenvalue weighted by Gasteiger charge is 2.71. The van der Waals surface area contributed by atoms with Crippen LogP contribution in [0.1, 0.15) is 99.8 Å². The molecule has 196 valence electrons. The van der Waals surface area contributed by atoms with Crippen molar-refractivity contribution in [3.05, 3.63) is 11.6 Å². The number of hydrogen-bond acceptors (Lipinski definition) is 4. The molecule has 0 aromatic rings. The van der Waals surface area contributed by atoms with Crippen molar-refractivity contribution in [3.8, 4) is 0 Å². The predicted octanol–water partition coefficient (Wildman–Crippen LogP) is 5.38. The normalized spacial score (nSPS) is 55.1. The molecule has 0 saturated heterocycles. The molecule has 0 aliphatic heterocycles. The van der Waals surface area contributed by atoms with Gasteiger partial charge in [0.05, 0.1) is 11.0 Å². The van der Waals surface area contributed by atoms with E-state index in [1.165, 1.54) is 5.57 Å². The van der Waals surface area contributed by atoms with Crippen LogP contribution in [-0.2, 0) is 9.59 Å². The fourth-order valence-electron chi connectivity index (χ4n) is 10.8. The molecular formula is C30H46O5. The first kappa shape index (κ1) is 25.4. The van der Waals surface area contributed by atoms with Gasteiger partial charge in [-0.05, 0) is 92.3 Å². The third-order valence-corrected chi connectivity index (χ3v) is 13.2. The Morgan fingerprint density at radius 3 is 2.26 bits per heavy atom. The predicted molar refractivity (Wildman–Crippen MR) is 134 cm³/mol. The van der Waals surface area contributed by atoms with Gasteiger partial charge in [-0.25, -0.2) is 0 Å². The lowest BCUT2D eigenvalue weighted by atomic mass is 9.33. The van der Waals surface area contributed by atoms with E-state index in [1.54, 1.807) is 0 Å². The van der Waals surface area contributed by atoms with E-state index in [1.807, 2.05) is 20.8 Å².